The molecular weight excluding hydrogens is 459 g/mol. The Balaban J connectivity index is 0.00000338. The van der Waals surface area contributed by atoms with E-state index in [-0.39, 0.29) is 24.0 Å². The van der Waals surface area contributed by atoms with Crippen LogP contribution in [-0.4, -0.2) is 55.2 Å². The number of guanidine groups is 1. The van der Waals surface area contributed by atoms with Crippen molar-refractivity contribution >= 4 is 41.3 Å². The van der Waals surface area contributed by atoms with Crippen LogP contribution in [0.1, 0.15) is 44.9 Å². The number of hydrogen-bond acceptors (Lipinski definition) is 4. The van der Waals surface area contributed by atoms with Crippen molar-refractivity contribution in [1.82, 2.24) is 15.5 Å². The van der Waals surface area contributed by atoms with Gasteiger partial charge in [0.1, 0.15) is 5.60 Å². The first-order valence-corrected chi connectivity index (χ1v) is 10.4. The fraction of sp³-hybridized carbons (Fsp3) is 0.737. The van der Waals surface area contributed by atoms with Crippen molar-refractivity contribution in [3.05, 3.63) is 22.4 Å². The first-order valence-electron chi connectivity index (χ1n) is 9.56. The van der Waals surface area contributed by atoms with Crippen molar-refractivity contribution in [3.63, 3.8) is 0 Å². The topological polar surface area (TPSA) is 59.9 Å². The Kier molecular flexibility index (Phi) is 11.1. The molecule has 0 aromatic carbocycles. The molecule has 0 amide bonds. The van der Waals surface area contributed by atoms with Crippen molar-refractivity contribution in [1.29, 1.82) is 0 Å². The predicted octanol–water partition coefficient (Wildman–Crippen LogP) is 3.25. The fourth-order valence-corrected chi connectivity index (χ4v) is 4.00. The number of thiophene rings is 1. The molecule has 26 heavy (non-hydrogen) atoms. The molecule has 0 saturated carbocycles. The van der Waals surface area contributed by atoms with Gasteiger partial charge in [-0.25, -0.2) is 4.99 Å². The number of hydrogen-bond donors (Lipinski definition) is 3. The summed E-state index contributed by atoms with van der Waals surface area (Å²) in [4.78, 5) is 8.08. The molecule has 0 aliphatic carbocycles. The number of nitrogens with zero attached hydrogens (tertiary/aromatic N) is 2. The second kappa shape index (κ2) is 12.2. The highest BCUT2D eigenvalue weighted by Gasteiger charge is 2.24. The monoisotopic (exact) mass is 494 g/mol. The Morgan fingerprint density at radius 2 is 2.08 bits per heavy atom. The third kappa shape index (κ3) is 7.70. The summed E-state index contributed by atoms with van der Waals surface area (Å²) in [6.45, 7) is 11.9. The molecule has 0 radical (unpaired) electrons. The van der Waals surface area contributed by atoms with E-state index >= 15 is 0 Å². The summed E-state index contributed by atoms with van der Waals surface area (Å²) < 4.78 is 0. The van der Waals surface area contributed by atoms with Gasteiger partial charge < -0.3 is 20.6 Å². The summed E-state index contributed by atoms with van der Waals surface area (Å²) >= 11 is 1.57. The highest BCUT2D eigenvalue weighted by atomic mass is 127. The number of aliphatic hydroxyl groups is 1. The van der Waals surface area contributed by atoms with Gasteiger partial charge in [0, 0.05) is 18.0 Å². The SMILES string of the molecule is CCNC(=NCC(C)(O)c1cccs1)NCCC1CCN(CC)CC1.I. The zero-order chi connectivity index (χ0) is 18.1. The Morgan fingerprint density at radius 3 is 2.65 bits per heavy atom. The summed E-state index contributed by atoms with van der Waals surface area (Å²) in [6, 6.07) is 3.93. The maximum Gasteiger partial charge on any atom is 0.191 e. The summed E-state index contributed by atoms with van der Waals surface area (Å²) in [7, 11) is 0. The minimum Gasteiger partial charge on any atom is -0.383 e. The van der Waals surface area contributed by atoms with Gasteiger partial charge in [-0.2, -0.15) is 0 Å². The van der Waals surface area contributed by atoms with Crippen LogP contribution in [0.2, 0.25) is 0 Å². The van der Waals surface area contributed by atoms with Gasteiger partial charge in [0.15, 0.2) is 5.96 Å². The summed E-state index contributed by atoms with van der Waals surface area (Å²) in [5.74, 6) is 1.61. The molecule has 150 valence electrons. The number of nitrogens with one attached hydrogen (secondary N) is 2. The molecule has 7 heteroatoms. The first kappa shape index (κ1) is 23.7. The molecule has 2 rings (SSSR count). The van der Waals surface area contributed by atoms with Gasteiger partial charge in [0.25, 0.3) is 0 Å². The predicted molar refractivity (Wildman–Crippen MR) is 123 cm³/mol. The Bertz CT molecular complexity index is 514. The van der Waals surface area contributed by atoms with Gasteiger partial charge in [-0.05, 0) is 70.1 Å². The van der Waals surface area contributed by atoms with Gasteiger partial charge in [0.2, 0.25) is 0 Å². The van der Waals surface area contributed by atoms with E-state index in [1.165, 1.54) is 38.9 Å². The summed E-state index contributed by atoms with van der Waals surface area (Å²) in [5.41, 5.74) is -0.913. The molecular formula is C19H35IN4OS. The molecule has 3 N–H and O–H groups in total. The molecule has 1 fully saturated rings. The van der Waals surface area contributed by atoms with Crippen LogP contribution in [0.25, 0.3) is 0 Å². The average Bonchev–Trinajstić information content (AvgIpc) is 3.16. The van der Waals surface area contributed by atoms with Crippen LogP contribution in [-0.2, 0) is 5.60 Å². The molecule has 1 atom stereocenters. The molecule has 1 aromatic heterocycles. The number of rotatable bonds is 8. The molecule has 1 unspecified atom stereocenters. The normalized spacial score (nSPS) is 18.8. The van der Waals surface area contributed by atoms with E-state index in [4.69, 9.17) is 0 Å². The maximum absolute atomic E-state index is 10.6. The van der Waals surface area contributed by atoms with Crippen LogP contribution < -0.4 is 10.6 Å². The lowest BCUT2D eigenvalue weighted by Crippen LogP contribution is -2.40. The third-order valence-corrected chi connectivity index (χ3v) is 6.06. The standard InChI is InChI=1S/C19H34N4OS.HI/c1-4-20-18(22-15-19(3,24)17-7-6-14-25-17)21-11-8-16-9-12-23(5-2)13-10-16;/h6-7,14,16,24H,4-5,8-13,15H2,1-3H3,(H2,20,21,22);1H. The molecule has 2 heterocycles. The van der Waals surface area contributed by atoms with E-state index < -0.39 is 5.60 Å². The largest absolute Gasteiger partial charge is 0.383 e. The smallest absolute Gasteiger partial charge is 0.191 e. The van der Waals surface area contributed by atoms with E-state index in [2.05, 4.69) is 34.4 Å². The quantitative estimate of drug-likeness (QED) is 0.295. The highest BCUT2D eigenvalue weighted by molar-refractivity contribution is 14.0. The number of likely N-dealkylation sites (tertiary alicyclic amines) is 1. The van der Waals surface area contributed by atoms with E-state index in [0.29, 0.717) is 6.54 Å². The van der Waals surface area contributed by atoms with Crippen molar-refractivity contribution in [2.45, 2.75) is 45.6 Å². The maximum atomic E-state index is 10.6. The summed E-state index contributed by atoms with van der Waals surface area (Å²) in [5, 5.41) is 19.3. The van der Waals surface area contributed by atoms with Crippen molar-refractivity contribution < 1.29 is 5.11 Å². The molecule has 5 nitrogen and oxygen atoms in total. The minimum absolute atomic E-state index is 0. The van der Waals surface area contributed by atoms with Crippen molar-refractivity contribution in [3.8, 4) is 0 Å². The lowest BCUT2D eigenvalue weighted by Gasteiger charge is -2.31. The second-order valence-corrected chi connectivity index (χ2v) is 7.99. The zero-order valence-electron chi connectivity index (χ0n) is 16.3. The molecule has 1 aliphatic heterocycles. The van der Waals surface area contributed by atoms with Crippen LogP contribution >= 0.6 is 35.3 Å². The second-order valence-electron chi connectivity index (χ2n) is 7.04. The van der Waals surface area contributed by atoms with Gasteiger partial charge in [-0.15, -0.1) is 35.3 Å². The van der Waals surface area contributed by atoms with Gasteiger partial charge in [-0.3, -0.25) is 0 Å². The minimum atomic E-state index is -0.913. The molecule has 1 aromatic rings. The molecule has 0 spiro atoms. The molecule has 1 saturated heterocycles. The number of aliphatic imine (C=N–C) groups is 1. The third-order valence-electron chi connectivity index (χ3n) is 4.94. The summed E-state index contributed by atoms with van der Waals surface area (Å²) in [6.07, 6.45) is 3.79. The Morgan fingerprint density at radius 1 is 1.35 bits per heavy atom. The van der Waals surface area contributed by atoms with Gasteiger partial charge in [-0.1, -0.05) is 13.0 Å². The van der Waals surface area contributed by atoms with Crippen LogP contribution in [0.3, 0.4) is 0 Å². The Labute approximate surface area is 179 Å². The number of piperidine rings is 1. The van der Waals surface area contributed by atoms with Crippen molar-refractivity contribution in [2.75, 3.05) is 39.3 Å². The lowest BCUT2D eigenvalue weighted by atomic mass is 9.93. The zero-order valence-corrected chi connectivity index (χ0v) is 19.5. The van der Waals surface area contributed by atoms with Gasteiger partial charge in [0.05, 0.1) is 6.54 Å². The van der Waals surface area contributed by atoms with Crippen LogP contribution in [0.4, 0.5) is 0 Å². The van der Waals surface area contributed by atoms with Gasteiger partial charge >= 0.3 is 0 Å². The van der Waals surface area contributed by atoms with Crippen LogP contribution in [0.15, 0.2) is 22.5 Å². The lowest BCUT2D eigenvalue weighted by molar-refractivity contribution is 0.0711. The number of halogens is 1. The van der Waals surface area contributed by atoms with E-state index in [1.54, 1.807) is 11.3 Å². The van der Waals surface area contributed by atoms with Crippen molar-refractivity contribution in [2.24, 2.45) is 10.9 Å². The van der Waals surface area contributed by atoms with E-state index in [0.717, 1.165) is 29.8 Å². The van der Waals surface area contributed by atoms with E-state index in [1.807, 2.05) is 24.4 Å². The van der Waals surface area contributed by atoms with E-state index in [9.17, 15) is 5.11 Å². The fourth-order valence-electron chi connectivity index (χ4n) is 3.22. The Hall–Kier alpha value is -0.380. The van der Waals surface area contributed by atoms with Crippen LogP contribution in [0, 0.1) is 5.92 Å². The average molecular weight is 494 g/mol. The first-order chi connectivity index (χ1) is 12.0. The molecule has 0 bridgehead atoms. The molecule has 1 aliphatic rings. The van der Waals surface area contributed by atoms with Crippen LogP contribution in [0.5, 0.6) is 0 Å². The highest BCUT2D eigenvalue weighted by Crippen LogP contribution is 2.25.